The fourth-order valence-electron chi connectivity index (χ4n) is 6.98. The van der Waals surface area contributed by atoms with Gasteiger partial charge in [0, 0.05) is 0 Å². The first-order chi connectivity index (χ1) is 20.9. The van der Waals surface area contributed by atoms with Gasteiger partial charge in [0.15, 0.2) is 0 Å². The summed E-state index contributed by atoms with van der Waals surface area (Å²) < 4.78 is 23.7. The average Bonchev–Trinajstić information content (AvgIpc) is 3.26. The number of ether oxygens (including phenoxy) is 4. The van der Waals surface area contributed by atoms with Crippen molar-refractivity contribution in [2.45, 2.75) is 46.0 Å². The van der Waals surface area contributed by atoms with Gasteiger partial charge in [-0.25, -0.2) is 0 Å². The third-order valence-corrected chi connectivity index (χ3v) is 10.2. The van der Waals surface area contributed by atoms with Crippen molar-refractivity contribution < 1.29 is 18.9 Å². The van der Waals surface area contributed by atoms with Crippen LogP contribution in [0.15, 0.2) is 84.9 Å². The van der Waals surface area contributed by atoms with Gasteiger partial charge in [-0.1, -0.05) is 85.6 Å². The summed E-state index contributed by atoms with van der Waals surface area (Å²) in [5.41, 5.74) is 10.1. The van der Waals surface area contributed by atoms with E-state index in [-0.39, 0.29) is 10.8 Å². The Kier molecular flexibility index (Phi) is 7.10. The Morgan fingerprint density at radius 3 is 1.28 bits per heavy atom. The van der Waals surface area contributed by atoms with Gasteiger partial charge >= 0.3 is 0 Å². The van der Waals surface area contributed by atoms with Gasteiger partial charge in [-0.3, -0.25) is 0 Å². The molecule has 0 amide bonds. The molecule has 0 bridgehead atoms. The molecule has 222 valence electrons. The van der Waals surface area contributed by atoms with Crippen LogP contribution in [-0.4, -0.2) is 39.6 Å². The molecule has 0 N–H and O–H groups in total. The van der Waals surface area contributed by atoms with Crippen molar-refractivity contribution in [1.82, 2.24) is 0 Å². The number of benzene rings is 4. The van der Waals surface area contributed by atoms with Crippen molar-refractivity contribution in [3.05, 3.63) is 118 Å². The summed E-state index contributed by atoms with van der Waals surface area (Å²) in [5.74, 6) is 1.80. The molecular weight excluding hydrogens is 532 g/mol. The molecular formula is C39H42O4. The molecule has 4 nitrogen and oxygen atoms in total. The van der Waals surface area contributed by atoms with Crippen LogP contribution in [-0.2, 0) is 14.9 Å². The van der Waals surface area contributed by atoms with Crippen LogP contribution in [0.4, 0.5) is 0 Å². The Morgan fingerprint density at radius 1 is 0.558 bits per heavy atom. The molecule has 0 aromatic heterocycles. The Morgan fingerprint density at radius 2 is 0.953 bits per heavy atom. The van der Waals surface area contributed by atoms with Crippen LogP contribution in [0.1, 0.15) is 60.1 Å². The zero-order valence-electron chi connectivity index (χ0n) is 25.9. The minimum atomic E-state index is -0.460. The van der Waals surface area contributed by atoms with Crippen molar-refractivity contribution in [2.75, 3.05) is 39.6 Å². The minimum Gasteiger partial charge on any atom is -0.493 e. The van der Waals surface area contributed by atoms with E-state index in [1.54, 1.807) is 0 Å². The molecule has 4 heteroatoms. The van der Waals surface area contributed by atoms with Crippen LogP contribution in [0, 0.1) is 24.7 Å². The molecule has 2 aliphatic heterocycles. The smallest absolute Gasteiger partial charge is 0.119 e. The minimum absolute atomic E-state index is 0.143. The number of rotatable bonds is 10. The predicted molar refractivity (Wildman–Crippen MR) is 171 cm³/mol. The van der Waals surface area contributed by atoms with E-state index in [9.17, 15) is 0 Å². The Labute approximate surface area is 256 Å². The van der Waals surface area contributed by atoms with Gasteiger partial charge in [0.25, 0.3) is 0 Å². The van der Waals surface area contributed by atoms with E-state index in [1.165, 1.54) is 44.5 Å². The highest BCUT2D eigenvalue weighted by Crippen LogP contribution is 2.56. The van der Waals surface area contributed by atoms with Crippen molar-refractivity contribution in [3.63, 3.8) is 0 Å². The first-order valence-electron chi connectivity index (χ1n) is 15.8. The van der Waals surface area contributed by atoms with E-state index in [0.717, 1.165) is 50.8 Å². The van der Waals surface area contributed by atoms with Crippen LogP contribution in [0.25, 0.3) is 11.1 Å². The fourth-order valence-corrected chi connectivity index (χ4v) is 6.98. The predicted octanol–water partition coefficient (Wildman–Crippen LogP) is 8.28. The standard InChI is InChI=1S/C39H42O4/c1-5-37(21-40-22-37)25-42-31-13-9-29(10-14-31)39(30-11-15-32(16-12-30)43-26-38(6-2)23-41-24-38)35-19-27(3)7-17-33(35)34-18-8-28(4)20-36(34)39/h7-20H,5-6,21-26H2,1-4H3. The van der Waals surface area contributed by atoms with Crippen molar-refractivity contribution >= 4 is 0 Å². The second-order valence-corrected chi connectivity index (χ2v) is 13.2. The molecule has 2 saturated heterocycles. The second-order valence-electron chi connectivity index (χ2n) is 13.2. The van der Waals surface area contributed by atoms with Crippen LogP contribution in [0.2, 0.25) is 0 Å². The molecule has 0 atom stereocenters. The van der Waals surface area contributed by atoms with Gasteiger partial charge < -0.3 is 18.9 Å². The van der Waals surface area contributed by atoms with E-state index in [4.69, 9.17) is 18.9 Å². The number of hydrogen-bond donors (Lipinski definition) is 0. The average molecular weight is 575 g/mol. The summed E-state index contributed by atoms with van der Waals surface area (Å²) >= 11 is 0. The van der Waals surface area contributed by atoms with Crippen molar-refractivity contribution in [2.24, 2.45) is 10.8 Å². The van der Waals surface area contributed by atoms with Gasteiger partial charge in [-0.05, 0) is 84.3 Å². The van der Waals surface area contributed by atoms with Crippen molar-refractivity contribution in [3.8, 4) is 22.6 Å². The Balaban J connectivity index is 1.31. The summed E-state index contributed by atoms with van der Waals surface area (Å²) in [7, 11) is 0. The maximum Gasteiger partial charge on any atom is 0.119 e. The molecule has 4 aromatic carbocycles. The quantitative estimate of drug-likeness (QED) is 0.168. The topological polar surface area (TPSA) is 36.9 Å². The summed E-state index contributed by atoms with van der Waals surface area (Å²) in [6.07, 6.45) is 2.13. The maximum atomic E-state index is 6.33. The maximum absolute atomic E-state index is 6.33. The van der Waals surface area contributed by atoms with Gasteiger partial charge in [0.2, 0.25) is 0 Å². The lowest BCUT2D eigenvalue weighted by molar-refractivity contribution is -0.133. The van der Waals surface area contributed by atoms with Crippen LogP contribution >= 0.6 is 0 Å². The summed E-state index contributed by atoms with van der Waals surface area (Å²) in [6.45, 7) is 13.3. The zero-order valence-corrected chi connectivity index (χ0v) is 25.9. The lowest BCUT2D eigenvalue weighted by Crippen LogP contribution is -2.46. The van der Waals surface area contributed by atoms with E-state index in [2.05, 4.69) is 113 Å². The highest BCUT2D eigenvalue weighted by Gasteiger charge is 2.46. The van der Waals surface area contributed by atoms with E-state index in [0.29, 0.717) is 13.2 Å². The largest absolute Gasteiger partial charge is 0.493 e. The highest BCUT2D eigenvalue weighted by atomic mass is 16.5. The van der Waals surface area contributed by atoms with Gasteiger partial charge in [0.05, 0.1) is 55.9 Å². The van der Waals surface area contributed by atoms with E-state index in [1.807, 2.05) is 0 Å². The van der Waals surface area contributed by atoms with Crippen LogP contribution in [0.5, 0.6) is 11.5 Å². The molecule has 43 heavy (non-hydrogen) atoms. The molecule has 0 radical (unpaired) electrons. The van der Waals surface area contributed by atoms with E-state index >= 15 is 0 Å². The molecule has 0 spiro atoms. The Bertz CT molecular complexity index is 1480. The van der Waals surface area contributed by atoms with Crippen molar-refractivity contribution in [1.29, 1.82) is 0 Å². The first kappa shape index (κ1) is 28.2. The molecule has 3 aliphatic rings. The lowest BCUT2D eigenvalue weighted by Gasteiger charge is -2.40. The number of hydrogen-bond acceptors (Lipinski definition) is 4. The summed E-state index contributed by atoms with van der Waals surface area (Å²) in [4.78, 5) is 0. The molecule has 7 rings (SSSR count). The van der Waals surface area contributed by atoms with Gasteiger partial charge in [-0.2, -0.15) is 0 Å². The summed E-state index contributed by atoms with van der Waals surface area (Å²) in [6, 6.07) is 31.4. The first-order valence-corrected chi connectivity index (χ1v) is 15.8. The monoisotopic (exact) mass is 574 g/mol. The second kappa shape index (κ2) is 10.8. The zero-order chi connectivity index (χ0) is 29.7. The third kappa shape index (κ3) is 4.67. The molecule has 1 aliphatic carbocycles. The number of aryl methyl sites for hydroxylation is 2. The normalized spacial score (nSPS) is 18.6. The SMILES string of the molecule is CCC1(COc2ccc(C3(c4ccc(OCC5(CC)COC5)cc4)c4cc(C)ccc4-c4ccc(C)cc43)cc2)COC1. The Hall–Kier alpha value is -3.60. The van der Waals surface area contributed by atoms with Crippen LogP contribution < -0.4 is 9.47 Å². The highest BCUT2D eigenvalue weighted by molar-refractivity contribution is 5.86. The summed E-state index contributed by atoms with van der Waals surface area (Å²) in [5, 5.41) is 0. The third-order valence-electron chi connectivity index (χ3n) is 10.2. The van der Waals surface area contributed by atoms with Gasteiger partial charge in [-0.15, -0.1) is 0 Å². The van der Waals surface area contributed by atoms with Crippen LogP contribution in [0.3, 0.4) is 0 Å². The molecule has 0 saturated carbocycles. The molecule has 2 fully saturated rings. The van der Waals surface area contributed by atoms with Gasteiger partial charge in [0.1, 0.15) is 11.5 Å². The fraction of sp³-hybridized carbons (Fsp3) is 0.385. The molecule has 4 aromatic rings. The molecule has 2 heterocycles. The van der Waals surface area contributed by atoms with E-state index < -0.39 is 5.41 Å². The molecule has 0 unspecified atom stereocenters. The lowest BCUT2D eigenvalue weighted by atomic mass is 9.67. The number of fused-ring (bicyclic) bond motifs is 3.